The molecule has 0 radical (unpaired) electrons. The van der Waals surface area contributed by atoms with Crippen molar-refractivity contribution in [2.75, 3.05) is 13.1 Å². The van der Waals surface area contributed by atoms with Crippen LogP contribution in [0.3, 0.4) is 0 Å². The number of rotatable bonds is 2. The summed E-state index contributed by atoms with van der Waals surface area (Å²) >= 11 is 0. The van der Waals surface area contributed by atoms with Crippen LogP contribution in [0.25, 0.3) is 0 Å². The zero-order valence-corrected chi connectivity index (χ0v) is 10.6. The summed E-state index contributed by atoms with van der Waals surface area (Å²) in [6.07, 6.45) is 1.24. The van der Waals surface area contributed by atoms with Crippen molar-refractivity contribution < 1.29 is 0 Å². The summed E-state index contributed by atoms with van der Waals surface area (Å²) < 4.78 is 0. The highest BCUT2D eigenvalue weighted by Gasteiger charge is 2.16. The van der Waals surface area contributed by atoms with E-state index in [2.05, 4.69) is 35.6 Å². The van der Waals surface area contributed by atoms with Crippen LogP contribution in [0.5, 0.6) is 0 Å². The van der Waals surface area contributed by atoms with E-state index >= 15 is 0 Å². The van der Waals surface area contributed by atoms with Crippen molar-refractivity contribution in [3.63, 3.8) is 0 Å². The maximum absolute atomic E-state index is 3.28. The highest BCUT2D eigenvalue weighted by atomic mass is 14.9. The van der Waals surface area contributed by atoms with Crippen LogP contribution in [0.15, 0.2) is 30.3 Å². The molecule has 1 aromatic carbocycles. The molecular formula is C14H25N. The first-order chi connectivity index (χ1) is 7.45. The Morgan fingerprint density at radius 1 is 1.00 bits per heavy atom. The summed E-state index contributed by atoms with van der Waals surface area (Å²) in [6, 6.07) is 10.7. The Morgan fingerprint density at radius 2 is 1.53 bits per heavy atom. The third kappa shape index (κ3) is 5.58. The lowest BCUT2D eigenvalue weighted by Crippen LogP contribution is -2.43. The summed E-state index contributed by atoms with van der Waals surface area (Å²) in [5, 5.41) is 3.28. The molecule has 0 amide bonds. The fourth-order valence-electron chi connectivity index (χ4n) is 1.44. The standard InChI is InChI=1S/C10H13N.2C2H6/c1-2-4-9(5-3-1)6-10-7-11-8-10;2*1-2/h1-5,10-11H,6-8H2;2*1-2H3. The molecule has 1 aromatic rings. The van der Waals surface area contributed by atoms with Gasteiger partial charge in [-0.25, -0.2) is 0 Å². The summed E-state index contributed by atoms with van der Waals surface area (Å²) in [7, 11) is 0. The van der Waals surface area contributed by atoms with Crippen molar-refractivity contribution in [3.05, 3.63) is 35.9 Å². The van der Waals surface area contributed by atoms with Gasteiger partial charge >= 0.3 is 0 Å². The zero-order chi connectivity index (χ0) is 11.5. The molecule has 0 aromatic heterocycles. The maximum atomic E-state index is 3.28. The van der Waals surface area contributed by atoms with Gasteiger partial charge in [0.1, 0.15) is 0 Å². The van der Waals surface area contributed by atoms with Crippen molar-refractivity contribution in [1.82, 2.24) is 5.32 Å². The highest BCUT2D eigenvalue weighted by molar-refractivity contribution is 5.15. The van der Waals surface area contributed by atoms with E-state index in [1.807, 2.05) is 27.7 Å². The predicted molar refractivity (Wildman–Crippen MR) is 69.2 cm³/mol. The Kier molecular flexibility index (Phi) is 9.19. The van der Waals surface area contributed by atoms with Crippen LogP contribution in [-0.2, 0) is 6.42 Å². The second-order valence-corrected chi connectivity index (χ2v) is 3.21. The maximum Gasteiger partial charge on any atom is -0.000506 e. The molecule has 0 aliphatic carbocycles. The molecule has 1 nitrogen and oxygen atoms in total. The van der Waals surface area contributed by atoms with Crippen LogP contribution in [-0.4, -0.2) is 13.1 Å². The predicted octanol–water partition coefficient (Wildman–Crippen LogP) is 3.50. The molecular weight excluding hydrogens is 182 g/mol. The second kappa shape index (κ2) is 9.72. The molecule has 0 unspecified atom stereocenters. The van der Waals surface area contributed by atoms with E-state index in [0.29, 0.717) is 0 Å². The zero-order valence-electron chi connectivity index (χ0n) is 10.6. The van der Waals surface area contributed by atoms with Crippen LogP contribution in [0.1, 0.15) is 33.3 Å². The first kappa shape index (κ1) is 14.2. The molecule has 1 aliphatic rings. The minimum atomic E-state index is 0.886. The lowest BCUT2D eigenvalue weighted by atomic mass is 9.95. The summed E-state index contributed by atoms with van der Waals surface area (Å²) in [6.45, 7) is 10.4. The largest absolute Gasteiger partial charge is 0.316 e. The lowest BCUT2D eigenvalue weighted by Gasteiger charge is -2.26. The van der Waals surface area contributed by atoms with Crippen LogP contribution in [0.4, 0.5) is 0 Å². The van der Waals surface area contributed by atoms with Gasteiger partial charge in [-0.05, 0) is 31.0 Å². The van der Waals surface area contributed by atoms with Gasteiger partial charge in [-0.1, -0.05) is 58.0 Å². The van der Waals surface area contributed by atoms with E-state index in [1.165, 1.54) is 25.1 Å². The van der Waals surface area contributed by atoms with Gasteiger partial charge in [0.05, 0.1) is 0 Å². The summed E-state index contributed by atoms with van der Waals surface area (Å²) in [5.74, 6) is 0.886. The fraction of sp³-hybridized carbons (Fsp3) is 0.571. The topological polar surface area (TPSA) is 12.0 Å². The monoisotopic (exact) mass is 207 g/mol. The number of benzene rings is 1. The molecule has 2 rings (SSSR count). The molecule has 1 heterocycles. The SMILES string of the molecule is CC.CC.c1ccc(CC2CNC2)cc1. The molecule has 15 heavy (non-hydrogen) atoms. The molecule has 0 bridgehead atoms. The minimum Gasteiger partial charge on any atom is -0.316 e. The molecule has 0 spiro atoms. The highest BCUT2D eigenvalue weighted by Crippen LogP contribution is 2.11. The molecule has 86 valence electrons. The first-order valence-electron chi connectivity index (χ1n) is 6.20. The van der Waals surface area contributed by atoms with Gasteiger partial charge in [0.15, 0.2) is 0 Å². The van der Waals surface area contributed by atoms with Crippen molar-refractivity contribution in [2.24, 2.45) is 5.92 Å². The molecule has 1 saturated heterocycles. The summed E-state index contributed by atoms with van der Waals surface area (Å²) in [5.41, 5.74) is 1.47. The Hall–Kier alpha value is -0.820. The van der Waals surface area contributed by atoms with Gasteiger partial charge in [0.2, 0.25) is 0 Å². The smallest absolute Gasteiger partial charge is 0.000506 e. The van der Waals surface area contributed by atoms with E-state index in [1.54, 1.807) is 0 Å². The Labute approximate surface area is 94.9 Å². The normalized spacial score (nSPS) is 13.9. The van der Waals surface area contributed by atoms with Crippen molar-refractivity contribution in [1.29, 1.82) is 0 Å². The second-order valence-electron chi connectivity index (χ2n) is 3.21. The van der Waals surface area contributed by atoms with Crippen molar-refractivity contribution in [3.8, 4) is 0 Å². The van der Waals surface area contributed by atoms with E-state index in [-0.39, 0.29) is 0 Å². The van der Waals surface area contributed by atoms with Gasteiger partial charge in [-0.15, -0.1) is 0 Å². The average molecular weight is 207 g/mol. The van der Waals surface area contributed by atoms with E-state index in [4.69, 9.17) is 0 Å². The van der Waals surface area contributed by atoms with Gasteiger partial charge in [0, 0.05) is 0 Å². The van der Waals surface area contributed by atoms with Crippen molar-refractivity contribution >= 4 is 0 Å². The first-order valence-corrected chi connectivity index (χ1v) is 6.20. The van der Waals surface area contributed by atoms with Crippen LogP contribution >= 0.6 is 0 Å². The average Bonchev–Trinajstić information content (AvgIpc) is 2.31. The van der Waals surface area contributed by atoms with Gasteiger partial charge in [0.25, 0.3) is 0 Å². The molecule has 1 N–H and O–H groups in total. The quantitative estimate of drug-likeness (QED) is 0.782. The van der Waals surface area contributed by atoms with Gasteiger partial charge in [-0.2, -0.15) is 0 Å². The number of hydrogen-bond acceptors (Lipinski definition) is 1. The van der Waals surface area contributed by atoms with E-state index in [9.17, 15) is 0 Å². The lowest BCUT2D eigenvalue weighted by molar-refractivity contribution is 0.346. The molecule has 1 heteroatoms. The Balaban J connectivity index is 0.000000442. The summed E-state index contributed by atoms with van der Waals surface area (Å²) in [4.78, 5) is 0. The Bertz CT molecular complexity index is 214. The van der Waals surface area contributed by atoms with Gasteiger partial charge < -0.3 is 5.32 Å². The number of hydrogen-bond donors (Lipinski definition) is 1. The third-order valence-corrected chi connectivity index (χ3v) is 2.23. The molecule has 0 saturated carbocycles. The molecule has 1 fully saturated rings. The van der Waals surface area contributed by atoms with Crippen molar-refractivity contribution in [2.45, 2.75) is 34.1 Å². The van der Waals surface area contributed by atoms with Crippen LogP contribution < -0.4 is 5.32 Å². The molecule has 1 aliphatic heterocycles. The Morgan fingerprint density at radius 3 is 1.93 bits per heavy atom. The van der Waals surface area contributed by atoms with E-state index < -0.39 is 0 Å². The third-order valence-electron chi connectivity index (χ3n) is 2.23. The minimum absolute atomic E-state index is 0.886. The van der Waals surface area contributed by atoms with E-state index in [0.717, 1.165) is 5.92 Å². The molecule has 0 atom stereocenters. The number of nitrogens with one attached hydrogen (secondary N) is 1. The van der Waals surface area contributed by atoms with Gasteiger partial charge in [-0.3, -0.25) is 0 Å². The fourth-order valence-corrected chi connectivity index (χ4v) is 1.44. The van der Waals surface area contributed by atoms with Crippen LogP contribution in [0.2, 0.25) is 0 Å². The van der Waals surface area contributed by atoms with Crippen LogP contribution in [0, 0.1) is 5.92 Å².